The molecule has 0 amide bonds. The summed E-state index contributed by atoms with van der Waals surface area (Å²) in [5.74, 6) is 0. The molecule has 0 radical (unpaired) electrons. The normalized spacial score (nSPS) is 11.6. The first kappa shape index (κ1) is 13.8. The molecule has 0 unspecified atom stereocenters. The van der Waals surface area contributed by atoms with Crippen molar-refractivity contribution >= 4 is 11.0 Å². The minimum absolute atomic E-state index is 0.0346. The molecule has 1 aromatic carbocycles. The van der Waals surface area contributed by atoms with Gasteiger partial charge in [-0.25, -0.2) is 4.79 Å². The van der Waals surface area contributed by atoms with E-state index in [1.54, 1.807) is 9.13 Å². The molecule has 3 N–H and O–H groups in total. The van der Waals surface area contributed by atoms with Gasteiger partial charge in [-0.3, -0.25) is 9.13 Å². The summed E-state index contributed by atoms with van der Waals surface area (Å²) in [5, 5.41) is 2.31. The van der Waals surface area contributed by atoms with Gasteiger partial charge in [0.2, 0.25) is 0 Å². The molecule has 2 aromatic rings. The number of imidazole rings is 1. The van der Waals surface area contributed by atoms with Gasteiger partial charge in [0.25, 0.3) is 0 Å². The van der Waals surface area contributed by atoms with E-state index in [2.05, 4.69) is 31.5 Å². The molecule has 19 heavy (non-hydrogen) atoms. The van der Waals surface area contributed by atoms with Crippen LogP contribution in [0.3, 0.4) is 0 Å². The highest BCUT2D eigenvalue weighted by Crippen LogP contribution is 2.13. The predicted molar refractivity (Wildman–Crippen MR) is 76.3 cm³/mol. The average Bonchev–Trinajstić information content (AvgIpc) is 2.60. The van der Waals surface area contributed by atoms with Crippen molar-refractivity contribution in [2.75, 3.05) is 27.2 Å². The first-order valence-electron chi connectivity index (χ1n) is 6.75. The van der Waals surface area contributed by atoms with E-state index in [4.69, 9.17) is 0 Å². The SMILES string of the molecule is Cn1c(=O)n(C)c2cc(C[NH2+]CC[NH+](C)C)ccc21. The summed E-state index contributed by atoms with van der Waals surface area (Å²) in [4.78, 5) is 13.3. The number of hydrogen-bond donors (Lipinski definition) is 2. The number of aromatic nitrogens is 2. The molecule has 0 aliphatic rings. The molecule has 0 fully saturated rings. The Balaban J connectivity index is 2.14. The van der Waals surface area contributed by atoms with Gasteiger partial charge in [0.05, 0.1) is 25.1 Å². The Labute approximate surface area is 113 Å². The number of rotatable bonds is 5. The van der Waals surface area contributed by atoms with Crippen LogP contribution in [0.15, 0.2) is 23.0 Å². The maximum absolute atomic E-state index is 11.8. The first-order chi connectivity index (χ1) is 9.00. The maximum atomic E-state index is 11.8. The van der Waals surface area contributed by atoms with Gasteiger partial charge in [-0.15, -0.1) is 0 Å². The Morgan fingerprint density at radius 1 is 1.16 bits per heavy atom. The number of quaternary nitrogens is 2. The second-order valence-corrected chi connectivity index (χ2v) is 5.46. The minimum atomic E-state index is 0.0346. The van der Waals surface area contributed by atoms with Gasteiger partial charge in [-0.1, -0.05) is 6.07 Å². The standard InChI is InChI=1S/C14H22N4O/c1-16(2)8-7-15-10-11-5-6-12-13(9-11)18(4)14(19)17(12)3/h5-6,9,15H,7-8,10H2,1-4H3/p+2. The van der Waals surface area contributed by atoms with Crippen molar-refractivity contribution < 1.29 is 10.2 Å². The Bertz CT molecular complexity index is 624. The van der Waals surface area contributed by atoms with Gasteiger partial charge >= 0.3 is 5.69 Å². The van der Waals surface area contributed by atoms with Gasteiger partial charge in [0.1, 0.15) is 19.6 Å². The fourth-order valence-corrected chi connectivity index (χ4v) is 2.34. The number of hydrogen-bond acceptors (Lipinski definition) is 1. The van der Waals surface area contributed by atoms with Gasteiger partial charge < -0.3 is 10.2 Å². The predicted octanol–water partition coefficient (Wildman–Crippen LogP) is -1.92. The van der Waals surface area contributed by atoms with Crippen LogP contribution in [0.4, 0.5) is 0 Å². The number of benzene rings is 1. The van der Waals surface area contributed by atoms with Crippen molar-refractivity contribution in [2.45, 2.75) is 6.54 Å². The van der Waals surface area contributed by atoms with Crippen LogP contribution in [0, 0.1) is 0 Å². The van der Waals surface area contributed by atoms with Crippen LogP contribution >= 0.6 is 0 Å². The van der Waals surface area contributed by atoms with E-state index in [0.717, 1.165) is 30.7 Å². The molecule has 1 heterocycles. The molecule has 5 nitrogen and oxygen atoms in total. The first-order valence-corrected chi connectivity index (χ1v) is 6.75. The molecule has 0 atom stereocenters. The molecule has 2 rings (SSSR count). The van der Waals surface area contributed by atoms with E-state index in [1.807, 2.05) is 20.2 Å². The third kappa shape index (κ3) is 2.88. The zero-order chi connectivity index (χ0) is 14.0. The molecule has 0 bridgehead atoms. The van der Waals surface area contributed by atoms with Crippen LogP contribution in [0.2, 0.25) is 0 Å². The molecular formula is C14H24N4O+2. The van der Waals surface area contributed by atoms with Crippen molar-refractivity contribution in [1.82, 2.24) is 9.13 Å². The van der Waals surface area contributed by atoms with E-state index >= 15 is 0 Å². The Morgan fingerprint density at radius 3 is 2.53 bits per heavy atom. The second-order valence-electron chi connectivity index (χ2n) is 5.46. The lowest BCUT2D eigenvalue weighted by molar-refractivity contribution is -0.875. The van der Waals surface area contributed by atoms with Crippen LogP contribution in [-0.4, -0.2) is 36.3 Å². The van der Waals surface area contributed by atoms with Gasteiger partial charge in [0, 0.05) is 19.7 Å². The zero-order valence-electron chi connectivity index (χ0n) is 12.2. The zero-order valence-corrected chi connectivity index (χ0v) is 12.2. The summed E-state index contributed by atoms with van der Waals surface area (Å²) in [5.41, 5.74) is 3.31. The second kappa shape index (κ2) is 5.59. The number of nitrogens with one attached hydrogen (secondary N) is 1. The van der Waals surface area contributed by atoms with Gasteiger partial charge in [0.15, 0.2) is 0 Å². The number of nitrogens with two attached hydrogens (primary N) is 1. The molecule has 0 aliphatic heterocycles. The average molecular weight is 264 g/mol. The van der Waals surface area contributed by atoms with E-state index in [1.165, 1.54) is 10.5 Å². The van der Waals surface area contributed by atoms with E-state index in [-0.39, 0.29) is 5.69 Å². The lowest BCUT2D eigenvalue weighted by atomic mass is 10.2. The fourth-order valence-electron chi connectivity index (χ4n) is 2.34. The monoisotopic (exact) mass is 264 g/mol. The molecule has 0 saturated carbocycles. The highest BCUT2D eigenvalue weighted by molar-refractivity contribution is 5.76. The van der Waals surface area contributed by atoms with Crippen molar-refractivity contribution in [1.29, 1.82) is 0 Å². The van der Waals surface area contributed by atoms with Crippen LogP contribution < -0.4 is 15.9 Å². The smallest absolute Gasteiger partial charge is 0.328 e. The Kier molecular flexibility index (Phi) is 4.07. The molecule has 0 aliphatic carbocycles. The maximum Gasteiger partial charge on any atom is 0.328 e. The summed E-state index contributed by atoms with van der Waals surface area (Å²) in [6, 6.07) is 6.27. The van der Waals surface area contributed by atoms with E-state index in [9.17, 15) is 4.79 Å². The van der Waals surface area contributed by atoms with Crippen LogP contribution in [-0.2, 0) is 20.6 Å². The number of likely N-dealkylation sites (N-methyl/N-ethyl adjacent to an activating group) is 1. The molecule has 0 saturated heterocycles. The third-order valence-corrected chi connectivity index (χ3v) is 3.56. The fraction of sp³-hybridized carbons (Fsp3) is 0.500. The summed E-state index contributed by atoms with van der Waals surface area (Å²) in [6.45, 7) is 3.24. The van der Waals surface area contributed by atoms with Crippen molar-refractivity contribution in [2.24, 2.45) is 14.1 Å². The molecule has 0 spiro atoms. The van der Waals surface area contributed by atoms with E-state index in [0.29, 0.717) is 0 Å². The lowest BCUT2D eigenvalue weighted by Gasteiger charge is -2.06. The lowest BCUT2D eigenvalue weighted by Crippen LogP contribution is -3.09. The van der Waals surface area contributed by atoms with E-state index < -0.39 is 0 Å². The summed E-state index contributed by atoms with van der Waals surface area (Å²) < 4.78 is 3.40. The van der Waals surface area contributed by atoms with Crippen LogP contribution in [0.1, 0.15) is 5.56 Å². The highest BCUT2D eigenvalue weighted by Gasteiger charge is 2.08. The highest BCUT2D eigenvalue weighted by atomic mass is 16.1. The molecule has 104 valence electrons. The summed E-state index contributed by atoms with van der Waals surface area (Å²) in [7, 11) is 7.98. The largest absolute Gasteiger partial charge is 0.338 e. The Morgan fingerprint density at radius 2 is 1.84 bits per heavy atom. The van der Waals surface area contributed by atoms with Gasteiger partial charge in [-0.05, 0) is 12.1 Å². The van der Waals surface area contributed by atoms with Crippen molar-refractivity contribution in [3.63, 3.8) is 0 Å². The third-order valence-electron chi connectivity index (χ3n) is 3.56. The van der Waals surface area contributed by atoms with Gasteiger partial charge in [-0.2, -0.15) is 0 Å². The number of aryl methyl sites for hydroxylation is 2. The number of nitrogens with zero attached hydrogens (tertiary/aromatic N) is 2. The summed E-state index contributed by atoms with van der Waals surface area (Å²) >= 11 is 0. The van der Waals surface area contributed by atoms with Crippen molar-refractivity contribution in [3.05, 3.63) is 34.2 Å². The van der Waals surface area contributed by atoms with Crippen LogP contribution in [0.25, 0.3) is 11.0 Å². The minimum Gasteiger partial charge on any atom is -0.338 e. The molecule has 5 heteroatoms. The van der Waals surface area contributed by atoms with Crippen LogP contribution in [0.5, 0.6) is 0 Å². The van der Waals surface area contributed by atoms with Crippen molar-refractivity contribution in [3.8, 4) is 0 Å². The molecule has 1 aromatic heterocycles. The molecular weight excluding hydrogens is 240 g/mol. The number of fused-ring (bicyclic) bond motifs is 1. The quantitative estimate of drug-likeness (QED) is 0.608. The topological polar surface area (TPSA) is 48.0 Å². The Hall–Kier alpha value is -1.59. The summed E-state index contributed by atoms with van der Waals surface area (Å²) in [6.07, 6.45) is 0.